The van der Waals surface area contributed by atoms with Gasteiger partial charge in [0.15, 0.2) is 11.6 Å². The number of anilines is 2. The Hall–Kier alpha value is -3.46. The van der Waals surface area contributed by atoms with Crippen LogP contribution in [0.3, 0.4) is 0 Å². The smallest absolute Gasteiger partial charge is 0.183 e. The fourth-order valence-corrected chi connectivity index (χ4v) is 2.54. The predicted octanol–water partition coefficient (Wildman–Crippen LogP) is 1.54. The summed E-state index contributed by atoms with van der Waals surface area (Å²) in [4.78, 5) is 13.1. The van der Waals surface area contributed by atoms with E-state index in [9.17, 15) is 0 Å². The molecule has 0 radical (unpaired) electrons. The van der Waals surface area contributed by atoms with E-state index in [1.165, 1.54) is 6.21 Å². The SMILES string of the molecule is CN/C=C(\C=N)c1cnc(NN)c(NCc2ccc3ncc(C)n3c2)n1. The van der Waals surface area contributed by atoms with Crippen molar-refractivity contribution in [2.45, 2.75) is 13.5 Å². The Bertz CT molecular complexity index is 958. The van der Waals surface area contributed by atoms with Gasteiger partial charge in [-0.1, -0.05) is 6.07 Å². The fourth-order valence-electron chi connectivity index (χ4n) is 2.54. The highest BCUT2D eigenvalue weighted by atomic mass is 15.3. The lowest BCUT2D eigenvalue weighted by atomic mass is 10.2. The summed E-state index contributed by atoms with van der Waals surface area (Å²) in [5, 5.41) is 13.7. The van der Waals surface area contributed by atoms with Crippen LogP contribution in [-0.4, -0.2) is 32.6 Å². The van der Waals surface area contributed by atoms with Gasteiger partial charge >= 0.3 is 0 Å². The largest absolute Gasteiger partial charge is 0.393 e. The molecule has 3 aromatic heterocycles. The van der Waals surface area contributed by atoms with Crippen LogP contribution in [0, 0.1) is 12.3 Å². The van der Waals surface area contributed by atoms with E-state index in [4.69, 9.17) is 11.3 Å². The topological polar surface area (TPSA) is 129 Å². The van der Waals surface area contributed by atoms with E-state index in [0.717, 1.165) is 16.9 Å². The molecule has 9 heteroatoms. The molecule has 0 aliphatic carbocycles. The molecular formula is C17H21N9. The maximum absolute atomic E-state index is 7.52. The van der Waals surface area contributed by atoms with Crippen LogP contribution in [-0.2, 0) is 6.54 Å². The van der Waals surface area contributed by atoms with E-state index >= 15 is 0 Å². The molecule has 0 saturated heterocycles. The van der Waals surface area contributed by atoms with Gasteiger partial charge in [0.2, 0.25) is 0 Å². The zero-order chi connectivity index (χ0) is 18.5. The molecule has 0 saturated carbocycles. The first kappa shape index (κ1) is 17.4. The maximum atomic E-state index is 7.52. The van der Waals surface area contributed by atoms with E-state index < -0.39 is 0 Å². The summed E-state index contributed by atoms with van der Waals surface area (Å²) in [6, 6.07) is 3.97. The number of hydrogen-bond acceptors (Lipinski definition) is 8. The van der Waals surface area contributed by atoms with E-state index in [1.807, 2.05) is 35.9 Å². The number of aromatic nitrogens is 4. The molecule has 3 heterocycles. The number of hydrogen-bond donors (Lipinski definition) is 5. The van der Waals surface area contributed by atoms with Crippen LogP contribution in [0.15, 0.2) is 36.9 Å². The number of hydrazine groups is 1. The van der Waals surface area contributed by atoms with Gasteiger partial charge in [-0.05, 0) is 18.6 Å². The van der Waals surface area contributed by atoms with Crippen LogP contribution < -0.4 is 21.9 Å². The summed E-state index contributed by atoms with van der Waals surface area (Å²) in [7, 11) is 1.76. The molecule has 0 spiro atoms. The molecule has 0 aliphatic heterocycles. The van der Waals surface area contributed by atoms with Gasteiger partial charge in [-0.2, -0.15) is 0 Å². The number of pyridine rings is 1. The molecule has 0 bridgehead atoms. The predicted molar refractivity (Wildman–Crippen MR) is 103 cm³/mol. The molecule has 0 unspecified atom stereocenters. The second kappa shape index (κ2) is 7.62. The quantitative estimate of drug-likeness (QED) is 0.248. The van der Waals surface area contributed by atoms with Crippen molar-refractivity contribution in [3.63, 3.8) is 0 Å². The van der Waals surface area contributed by atoms with Crippen LogP contribution >= 0.6 is 0 Å². The van der Waals surface area contributed by atoms with Crippen molar-refractivity contribution < 1.29 is 0 Å². The van der Waals surface area contributed by atoms with Gasteiger partial charge in [0.25, 0.3) is 0 Å². The van der Waals surface area contributed by atoms with Gasteiger partial charge in [-0.25, -0.2) is 20.8 Å². The van der Waals surface area contributed by atoms with Gasteiger partial charge < -0.3 is 25.9 Å². The van der Waals surface area contributed by atoms with E-state index in [1.54, 1.807) is 19.4 Å². The molecule has 26 heavy (non-hydrogen) atoms. The summed E-state index contributed by atoms with van der Waals surface area (Å²) in [5.74, 6) is 6.48. The highest BCUT2D eigenvalue weighted by Gasteiger charge is 2.09. The second-order valence-corrected chi connectivity index (χ2v) is 5.65. The molecular weight excluding hydrogens is 330 g/mol. The third-order valence-corrected chi connectivity index (χ3v) is 3.87. The molecule has 3 rings (SSSR count). The first-order chi connectivity index (χ1) is 12.7. The van der Waals surface area contributed by atoms with Crippen LogP contribution in [0.4, 0.5) is 11.6 Å². The van der Waals surface area contributed by atoms with Crippen molar-refractivity contribution in [2.75, 3.05) is 17.8 Å². The van der Waals surface area contributed by atoms with Crippen molar-refractivity contribution in [3.8, 4) is 0 Å². The zero-order valence-corrected chi connectivity index (χ0v) is 14.6. The first-order valence-electron chi connectivity index (χ1n) is 8.04. The molecule has 0 amide bonds. The van der Waals surface area contributed by atoms with Gasteiger partial charge in [-0.3, -0.25) is 0 Å². The molecule has 0 aromatic carbocycles. The Morgan fingerprint density at radius 3 is 2.85 bits per heavy atom. The number of aryl methyl sites for hydroxylation is 1. The minimum atomic E-state index is 0.433. The third kappa shape index (κ3) is 3.47. The summed E-state index contributed by atoms with van der Waals surface area (Å²) in [6.07, 6.45) is 8.34. The van der Waals surface area contributed by atoms with Crippen molar-refractivity contribution in [1.29, 1.82) is 5.41 Å². The highest BCUT2D eigenvalue weighted by Crippen LogP contribution is 2.19. The van der Waals surface area contributed by atoms with E-state index in [0.29, 0.717) is 29.4 Å². The molecule has 3 aromatic rings. The Morgan fingerprint density at radius 1 is 1.27 bits per heavy atom. The molecule has 0 fully saturated rings. The standard InChI is InChI=1S/C17H21N9/c1-11-6-21-15-4-3-12(10-26(11)15)7-22-16-17(25-19)23-9-14(24-16)13(5-18)8-20-2/h3-6,8-10,18,20H,7,19H2,1-2H3,(H,22,24)(H,23,25)/b13-8+,18-5?. The lowest BCUT2D eigenvalue weighted by Crippen LogP contribution is -2.14. The lowest BCUT2D eigenvalue weighted by molar-refractivity contribution is 1.02. The average Bonchev–Trinajstić information content (AvgIpc) is 3.04. The minimum absolute atomic E-state index is 0.433. The Morgan fingerprint density at radius 2 is 2.12 bits per heavy atom. The third-order valence-electron chi connectivity index (χ3n) is 3.87. The maximum Gasteiger partial charge on any atom is 0.183 e. The number of nitrogens with two attached hydrogens (primary N) is 1. The minimum Gasteiger partial charge on any atom is -0.393 e. The summed E-state index contributed by atoms with van der Waals surface area (Å²) in [6.45, 7) is 2.55. The van der Waals surface area contributed by atoms with Crippen LogP contribution in [0.2, 0.25) is 0 Å². The van der Waals surface area contributed by atoms with Crippen LogP contribution in [0.1, 0.15) is 17.0 Å². The summed E-state index contributed by atoms with van der Waals surface area (Å²) < 4.78 is 2.03. The number of imidazole rings is 1. The van der Waals surface area contributed by atoms with E-state index in [-0.39, 0.29) is 0 Å². The number of nitrogens with one attached hydrogen (secondary N) is 4. The fraction of sp³-hybridized carbons (Fsp3) is 0.176. The van der Waals surface area contributed by atoms with Crippen molar-refractivity contribution in [3.05, 3.63) is 53.9 Å². The van der Waals surface area contributed by atoms with Gasteiger partial charge in [-0.15, -0.1) is 0 Å². The molecule has 0 atom stereocenters. The lowest BCUT2D eigenvalue weighted by Gasteiger charge is -2.12. The van der Waals surface area contributed by atoms with Crippen LogP contribution in [0.5, 0.6) is 0 Å². The monoisotopic (exact) mass is 351 g/mol. The van der Waals surface area contributed by atoms with Gasteiger partial charge in [0, 0.05) is 49.7 Å². The number of rotatable bonds is 7. The first-order valence-corrected chi connectivity index (χ1v) is 8.04. The number of nitrogens with zero attached hydrogens (tertiary/aromatic N) is 4. The normalized spacial score (nSPS) is 11.4. The summed E-state index contributed by atoms with van der Waals surface area (Å²) in [5.41, 5.74) is 6.76. The van der Waals surface area contributed by atoms with Crippen molar-refractivity contribution >= 4 is 29.1 Å². The molecule has 134 valence electrons. The molecule has 6 N–H and O–H groups in total. The summed E-state index contributed by atoms with van der Waals surface area (Å²) >= 11 is 0. The van der Waals surface area contributed by atoms with Crippen LogP contribution in [0.25, 0.3) is 11.2 Å². The number of nitrogen functional groups attached to an aromatic ring is 1. The highest BCUT2D eigenvalue weighted by molar-refractivity contribution is 6.07. The Kier molecular flexibility index (Phi) is 5.09. The zero-order valence-electron chi connectivity index (χ0n) is 14.6. The molecule has 0 aliphatic rings. The second-order valence-electron chi connectivity index (χ2n) is 5.65. The Balaban J connectivity index is 1.86. The van der Waals surface area contributed by atoms with Crippen molar-refractivity contribution in [1.82, 2.24) is 24.7 Å². The number of fused-ring (bicyclic) bond motifs is 1. The van der Waals surface area contributed by atoms with Gasteiger partial charge in [0.1, 0.15) is 5.65 Å². The van der Waals surface area contributed by atoms with Crippen molar-refractivity contribution in [2.24, 2.45) is 5.84 Å². The van der Waals surface area contributed by atoms with Gasteiger partial charge in [0.05, 0.1) is 11.9 Å². The molecule has 9 nitrogen and oxygen atoms in total. The van der Waals surface area contributed by atoms with E-state index in [2.05, 4.69) is 31.0 Å². The number of allylic oxidation sites excluding steroid dienone is 1. The average molecular weight is 351 g/mol. The Labute approximate surface area is 150 Å².